The Morgan fingerprint density at radius 2 is 1.77 bits per heavy atom. The summed E-state index contributed by atoms with van der Waals surface area (Å²) in [5.74, 6) is -0.869. The highest BCUT2D eigenvalue weighted by molar-refractivity contribution is 7.89. The lowest BCUT2D eigenvalue weighted by molar-refractivity contribution is -0.129. The first-order valence-electron chi connectivity index (χ1n) is 9.76. The summed E-state index contributed by atoms with van der Waals surface area (Å²) in [6.45, 7) is 2.79. The van der Waals surface area contributed by atoms with Crippen LogP contribution in [0.3, 0.4) is 0 Å². The summed E-state index contributed by atoms with van der Waals surface area (Å²) in [4.78, 5) is 25.5. The Balaban J connectivity index is 1.54. The maximum atomic E-state index is 13.2. The summed E-state index contributed by atoms with van der Waals surface area (Å²) in [7, 11) is -3.86. The molecule has 1 aliphatic rings. The third kappa shape index (κ3) is 6.03. The van der Waals surface area contributed by atoms with Crippen LogP contribution in [0.15, 0.2) is 47.4 Å². The molecule has 1 saturated heterocycles. The number of nitrogens with one attached hydrogen (secondary N) is 2. The number of likely N-dealkylation sites (tertiary alicyclic amines) is 1. The molecule has 2 amide bonds. The van der Waals surface area contributed by atoms with Crippen LogP contribution in [-0.2, 0) is 21.4 Å². The quantitative estimate of drug-likeness (QED) is 0.682. The predicted molar refractivity (Wildman–Crippen MR) is 115 cm³/mol. The van der Waals surface area contributed by atoms with Crippen molar-refractivity contribution in [1.82, 2.24) is 14.9 Å². The highest BCUT2D eigenvalue weighted by Gasteiger charge is 2.22. The number of halogens is 2. The Hall–Kier alpha value is -2.49. The molecule has 2 N–H and O–H groups in total. The van der Waals surface area contributed by atoms with Crippen LogP contribution in [0.1, 0.15) is 35.7 Å². The average molecular weight is 468 g/mol. The number of benzene rings is 2. The molecule has 10 heteroatoms. The first-order chi connectivity index (χ1) is 14.7. The van der Waals surface area contributed by atoms with Gasteiger partial charge in [0.25, 0.3) is 5.91 Å². The molecule has 1 heterocycles. The minimum Gasteiger partial charge on any atom is -0.349 e. The van der Waals surface area contributed by atoms with Gasteiger partial charge in [0.1, 0.15) is 5.82 Å². The van der Waals surface area contributed by atoms with Crippen molar-refractivity contribution in [3.05, 3.63) is 64.4 Å². The number of rotatable bonds is 6. The second-order valence-corrected chi connectivity index (χ2v) is 9.53. The van der Waals surface area contributed by atoms with Crippen LogP contribution in [-0.4, -0.2) is 44.3 Å². The molecule has 1 aliphatic heterocycles. The molecule has 0 spiro atoms. The van der Waals surface area contributed by atoms with Crippen molar-refractivity contribution >= 4 is 33.4 Å². The molecule has 31 heavy (non-hydrogen) atoms. The lowest BCUT2D eigenvalue weighted by atomic mass is 10.0. The first-order valence-corrected chi connectivity index (χ1v) is 11.6. The van der Waals surface area contributed by atoms with E-state index in [1.165, 1.54) is 6.92 Å². The minimum atomic E-state index is -3.86. The molecule has 2 aromatic rings. The number of amides is 2. The summed E-state index contributed by atoms with van der Waals surface area (Å²) >= 11 is 5.65. The van der Waals surface area contributed by atoms with Gasteiger partial charge in [0.15, 0.2) is 0 Å². The Kier molecular flexibility index (Phi) is 7.30. The first kappa shape index (κ1) is 23.2. The van der Waals surface area contributed by atoms with Gasteiger partial charge >= 0.3 is 0 Å². The molecule has 0 saturated carbocycles. The summed E-state index contributed by atoms with van der Waals surface area (Å²) in [6, 6.07) is 9.76. The fourth-order valence-corrected chi connectivity index (χ4v) is 4.58. The lowest BCUT2D eigenvalue weighted by Gasteiger charge is -2.31. The molecule has 2 aromatic carbocycles. The van der Waals surface area contributed by atoms with Crippen molar-refractivity contribution in [2.45, 2.75) is 37.2 Å². The van der Waals surface area contributed by atoms with Crippen LogP contribution >= 0.6 is 11.6 Å². The van der Waals surface area contributed by atoms with Gasteiger partial charge in [-0.25, -0.2) is 17.5 Å². The zero-order valence-electron chi connectivity index (χ0n) is 16.9. The largest absolute Gasteiger partial charge is 0.349 e. The normalized spacial score (nSPS) is 15.0. The Morgan fingerprint density at radius 3 is 2.35 bits per heavy atom. The van der Waals surface area contributed by atoms with Crippen molar-refractivity contribution in [3.63, 3.8) is 0 Å². The Labute approximate surface area is 185 Å². The number of hydrogen-bond donors (Lipinski definition) is 2. The van der Waals surface area contributed by atoms with Crippen molar-refractivity contribution in [1.29, 1.82) is 0 Å². The van der Waals surface area contributed by atoms with E-state index in [-0.39, 0.29) is 34.3 Å². The maximum Gasteiger partial charge on any atom is 0.251 e. The van der Waals surface area contributed by atoms with E-state index >= 15 is 0 Å². The van der Waals surface area contributed by atoms with Gasteiger partial charge in [0.2, 0.25) is 15.9 Å². The van der Waals surface area contributed by atoms with Crippen LogP contribution in [0.4, 0.5) is 4.39 Å². The van der Waals surface area contributed by atoms with Crippen molar-refractivity contribution in [3.8, 4) is 0 Å². The fourth-order valence-electron chi connectivity index (χ4n) is 3.29. The van der Waals surface area contributed by atoms with Crippen molar-refractivity contribution < 1.29 is 22.4 Å². The molecule has 0 bridgehead atoms. The topological polar surface area (TPSA) is 95.6 Å². The van der Waals surface area contributed by atoms with Gasteiger partial charge in [-0.05, 0) is 48.7 Å². The van der Waals surface area contributed by atoms with E-state index in [2.05, 4.69) is 10.0 Å². The molecule has 0 unspecified atom stereocenters. The smallest absolute Gasteiger partial charge is 0.251 e. The van der Waals surface area contributed by atoms with Gasteiger partial charge in [-0.1, -0.05) is 23.7 Å². The number of nitrogens with zero attached hydrogens (tertiary/aromatic N) is 1. The molecule has 3 rings (SSSR count). The molecular formula is C21H23ClFN3O4S. The average Bonchev–Trinajstić information content (AvgIpc) is 2.75. The van der Waals surface area contributed by atoms with Gasteiger partial charge in [-0.15, -0.1) is 0 Å². The lowest BCUT2D eigenvalue weighted by Crippen LogP contribution is -2.46. The van der Waals surface area contributed by atoms with Gasteiger partial charge < -0.3 is 10.2 Å². The van der Waals surface area contributed by atoms with Crippen LogP contribution in [0.25, 0.3) is 0 Å². The van der Waals surface area contributed by atoms with Crippen LogP contribution in [0.2, 0.25) is 5.02 Å². The maximum absolute atomic E-state index is 13.2. The Bertz CT molecular complexity index is 1070. The van der Waals surface area contributed by atoms with Crippen LogP contribution in [0, 0.1) is 5.82 Å². The molecule has 0 radical (unpaired) electrons. The fraction of sp³-hybridized carbons (Fsp3) is 0.333. The third-order valence-corrected chi connectivity index (χ3v) is 6.85. The van der Waals surface area contributed by atoms with Gasteiger partial charge in [0.05, 0.1) is 9.92 Å². The minimum absolute atomic E-state index is 0.00271. The number of piperidine rings is 1. The highest BCUT2D eigenvalue weighted by Crippen LogP contribution is 2.19. The van der Waals surface area contributed by atoms with E-state index in [9.17, 15) is 22.4 Å². The van der Waals surface area contributed by atoms with Gasteiger partial charge in [-0.3, -0.25) is 9.59 Å². The molecule has 1 fully saturated rings. The number of sulfonamides is 1. The van der Waals surface area contributed by atoms with E-state index in [1.54, 1.807) is 29.2 Å². The summed E-state index contributed by atoms with van der Waals surface area (Å²) in [6.07, 6.45) is 1.41. The zero-order chi connectivity index (χ0) is 22.6. The number of carbonyl (C=O) groups is 2. The van der Waals surface area contributed by atoms with E-state index in [4.69, 9.17) is 11.6 Å². The second kappa shape index (κ2) is 9.76. The van der Waals surface area contributed by atoms with E-state index in [1.807, 2.05) is 0 Å². The van der Waals surface area contributed by atoms with E-state index < -0.39 is 15.8 Å². The summed E-state index contributed by atoms with van der Waals surface area (Å²) in [5.41, 5.74) is 1.12. The molecule has 7 nitrogen and oxygen atoms in total. The number of hydrogen-bond acceptors (Lipinski definition) is 4. The summed E-state index contributed by atoms with van der Waals surface area (Å²) < 4.78 is 40.4. The highest BCUT2D eigenvalue weighted by atomic mass is 35.5. The van der Waals surface area contributed by atoms with Crippen molar-refractivity contribution in [2.24, 2.45) is 0 Å². The Morgan fingerprint density at radius 1 is 1.13 bits per heavy atom. The summed E-state index contributed by atoms with van der Waals surface area (Å²) in [5, 5.41) is 2.70. The zero-order valence-corrected chi connectivity index (χ0v) is 18.5. The number of carbonyl (C=O) groups excluding carboxylic acids is 2. The SMILES string of the molecule is CC(=O)N1CCC(NC(=O)c2ccc(CNS(=O)(=O)c3ccc(F)c(Cl)c3)cc2)CC1. The van der Waals surface area contributed by atoms with Crippen LogP contribution in [0.5, 0.6) is 0 Å². The van der Waals surface area contributed by atoms with Gasteiger partial charge in [-0.2, -0.15) is 0 Å². The third-order valence-electron chi connectivity index (χ3n) is 5.16. The molecule has 0 aromatic heterocycles. The molecule has 0 atom stereocenters. The van der Waals surface area contributed by atoms with Gasteiger partial charge in [0, 0.05) is 38.2 Å². The van der Waals surface area contributed by atoms with E-state index in [0.717, 1.165) is 18.2 Å². The predicted octanol–water partition coefficient (Wildman–Crippen LogP) is 2.70. The van der Waals surface area contributed by atoms with Crippen molar-refractivity contribution in [2.75, 3.05) is 13.1 Å². The molecular weight excluding hydrogens is 445 g/mol. The molecule has 166 valence electrons. The standard InChI is InChI=1S/C21H23ClFN3O4S/c1-14(27)26-10-8-17(9-11-26)25-21(28)16-4-2-15(3-5-16)13-24-31(29,30)18-6-7-20(23)19(22)12-18/h2-7,12,17,24H,8-11,13H2,1H3,(H,25,28). The monoisotopic (exact) mass is 467 g/mol. The second-order valence-electron chi connectivity index (χ2n) is 7.35. The van der Waals surface area contributed by atoms with Crippen LogP contribution < -0.4 is 10.0 Å². The molecule has 0 aliphatic carbocycles. The van der Waals surface area contributed by atoms with E-state index in [0.29, 0.717) is 37.1 Å².